The van der Waals surface area contributed by atoms with Crippen molar-refractivity contribution in [1.29, 1.82) is 0 Å². The van der Waals surface area contributed by atoms with Crippen LogP contribution in [0.2, 0.25) is 0 Å². The lowest BCUT2D eigenvalue weighted by Gasteiger charge is -2.07. The highest BCUT2D eigenvalue weighted by atomic mass is 16.6. The molecule has 0 aromatic heterocycles. The quantitative estimate of drug-likeness (QED) is 0.612. The highest BCUT2D eigenvalue weighted by Crippen LogP contribution is 2.22. The average molecular weight is 308 g/mol. The van der Waals surface area contributed by atoms with Gasteiger partial charge in [-0.15, -0.1) is 0 Å². The Bertz CT molecular complexity index is 476. The van der Waals surface area contributed by atoms with Gasteiger partial charge in [-0.3, -0.25) is 0 Å². The number of carboxylic acid groups (broad SMARTS) is 1. The summed E-state index contributed by atoms with van der Waals surface area (Å²) >= 11 is 0. The monoisotopic (exact) mass is 308 g/mol. The molecule has 0 amide bonds. The number of rotatable bonds is 7. The number of ether oxygens (including phenoxy) is 4. The number of carboxylic acids is 1. The molecule has 0 aliphatic carbocycles. The summed E-state index contributed by atoms with van der Waals surface area (Å²) in [5, 5.41) is 7.89. The fourth-order valence-electron chi connectivity index (χ4n) is 1.36. The molecule has 2 atom stereocenters. The first kappa shape index (κ1) is 16.3. The van der Waals surface area contributed by atoms with E-state index in [4.69, 9.17) is 24.1 Å². The molecule has 1 aromatic rings. The van der Waals surface area contributed by atoms with Crippen LogP contribution in [0.1, 0.15) is 6.92 Å². The minimum absolute atomic E-state index is 0.176. The molecule has 2 aliphatic rings. The van der Waals surface area contributed by atoms with E-state index in [-0.39, 0.29) is 17.8 Å². The molecule has 0 radical (unpaired) electrons. The van der Waals surface area contributed by atoms with Gasteiger partial charge in [-0.25, -0.2) is 4.79 Å². The third kappa shape index (κ3) is 6.60. The van der Waals surface area contributed by atoms with Gasteiger partial charge in [0.15, 0.2) is 0 Å². The summed E-state index contributed by atoms with van der Waals surface area (Å²) in [6, 6.07) is 7.66. The molecule has 22 heavy (non-hydrogen) atoms. The fourth-order valence-corrected chi connectivity index (χ4v) is 1.36. The molecule has 1 N–H and O–H groups in total. The molecule has 6 nitrogen and oxygen atoms in total. The summed E-state index contributed by atoms with van der Waals surface area (Å²) in [7, 11) is 0. The van der Waals surface area contributed by atoms with Crippen LogP contribution in [-0.2, 0) is 14.3 Å². The maximum Gasteiger partial charge on any atom is 0.330 e. The molecule has 0 saturated carbocycles. The van der Waals surface area contributed by atoms with Crippen LogP contribution in [0, 0.1) is 0 Å². The Morgan fingerprint density at radius 3 is 1.95 bits per heavy atom. The second kappa shape index (κ2) is 7.82. The highest BCUT2D eigenvalue weighted by Gasteiger charge is 2.24. The average Bonchev–Trinajstić information content (AvgIpc) is 3.39. The standard InChI is InChI=1S/C12H14O4.C4H6O2/c1-2-9(13-5-11-7-15-11)4-10(3-1)14-6-12-8-16-12;1-3(2)4(5)6/h1-4,11-12H,5-8H2;1H2,2H3,(H,5,6). The SMILES string of the molecule is C=C(C)C(=O)O.c1cc(OCC2CO2)cc(OCC2CO2)c1. The number of hydrogen-bond acceptors (Lipinski definition) is 5. The van der Waals surface area contributed by atoms with E-state index in [0.29, 0.717) is 13.2 Å². The molecular weight excluding hydrogens is 288 g/mol. The van der Waals surface area contributed by atoms with Gasteiger partial charge in [0, 0.05) is 11.6 Å². The van der Waals surface area contributed by atoms with Crippen molar-refractivity contribution in [2.45, 2.75) is 19.1 Å². The molecular formula is C16H20O6. The molecule has 2 saturated heterocycles. The first-order chi connectivity index (χ1) is 10.5. The lowest BCUT2D eigenvalue weighted by atomic mass is 10.3. The molecule has 0 bridgehead atoms. The molecule has 1 aromatic carbocycles. The first-order valence-corrected chi connectivity index (χ1v) is 7.02. The van der Waals surface area contributed by atoms with Crippen LogP contribution < -0.4 is 9.47 Å². The Balaban J connectivity index is 0.000000254. The molecule has 0 spiro atoms. The van der Waals surface area contributed by atoms with Crippen molar-refractivity contribution in [2.24, 2.45) is 0 Å². The second-order valence-corrected chi connectivity index (χ2v) is 5.09. The molecule has 3 rings (SSSR count). The lowest BCUT2D eigenvalue weighted by molar-refractivity contribution is -0.132. The Hall–Kier alpha value is -2.05. The van der Waals surface area contributed by atoms with Gasteiger partial charge < -0.3 is 24.1 Å². The van der Waals surface area contributed by atoms with Crippen molar-refractivity contribution >= 4 is 5.97 Å². The van der Waals surface area contributed by atoms with Crippen LogP contribution in [0.5, 0.6) is 11.5 Å². The zero-order chi connectivity index (χ0) is 15.9. The summed E-state index contributed by atoms with van der Waals surface area (Å²) in [4.78, 5) is 9.60. The number of benzene rings is 1. The van der Waals surface area contributed by atoms with E-state index in [2.05, 4.69) is 6.58 Å². The van der Waals surface area contributed by atoms with Crippen LogP contribution in [0.3, 0.4) is 0 Å². The topological polar surface area (TPSA) is 80.8 Å². The molecule has 120 valence electrons. The molecule has 6 heteroatoms. The zero-order valence-electron chi connectivity index (χ0n) is 12.5. The van der Waals surface area contributed by atoms with E-state index in [1.807, 2.05) is 24.3 Å². The predicted octanol–water partition coefficient (Wildman–Crippen LogP) is 1.89. The summed E-state index contributed by atoms with van der Waals surface area (Å²) < 4.78 is 21.3. The second-order valence-electron chi connectivity index (χ2n) is 5.09. The van der Waals surface area contributed by atoms with Gasteiger partial charge >= 0.3 is 5.97 Å². The summed E-state index contributed by atoms with van der Waals surface area (Å²) in [5.41, 5.74) is 0.176. The molecule has 2 heterocycles. The van der Waals surface area contributed by atoms with Crippen LogP contribution in [-0.4, -0.2) is 49.7 Å². The number of epoxide rings is 2. The Kier molecular flexibility index (Phi) is 5.80. The van der Waals surface area contributed by atoms with Crippen molar-refractivity contribution in [3.8, 4) is 11.5 Å². The highest BCUT2D eigenvalue weighted by molar-refractivity contribution is 5.84. The Morgan fingerprint density at radius 1 is 1.23 bits per heavy atom. The molecule has 2 unspecified atom stereocenters. The van der Waals surface area contributed by atoms with Crippen LogP contribution in [0.15, 0.2) is 36.4 Å². The van der Waals surface area contributed by atoms with Crippen LogP contribution in [0.25, 0.3) is 0 Å². The third-order valence-corrected chi connectivity index (χ3v) is 2.85. The summed E-state index contributed by atoms with van der Waals surface area (Å²) in [6.07, 6.45) is 0.564. The minimum atomic E-state index is -0.935. The van der Waals surface area contributed by atoms with E-state index in [1.165, 1.54) is 6.92 Å². The first-order valence-electron chi connectivity index (χ1n) is 7.02. The van der Waals surface area contributed by atoms with Gasteiger partial charge in [0.1, 0.15) is 36.9 Å². The van der Waals surface area contributed by atoms with Gasteiger partial charge in [-0.05, 0) is 19.1 Å². The van der Waals surface area contributed by atoms with E-state index in [1.54, 1.807) is 0 Å². The van der Waals surface area contributed by atoms with Crippen molar-refractivity contribution in [2.75, 3.05) is 26.4 Å². The number of carbonyl (C=O) groups is 1. The van der Waals surface area contributed by atoms with Crippen LogP contribution >= 0.6 is 0 Å². The Labute approximate surface area is 129 Å². The maximum absolute atomic E-state index is 9.60. The maximum atomic E-state index is 9.60. The van der Waals surface area contributed by atoms with E-state index in [9.17, 15) is 4.79 Å². The van der Waals surface area contributed by atoms with Gasteiger partial charge in [0.2, 0.25) is 0 Å². The van der Waals surface area contributed by atoms with E-state index >= 15 is 0 Å². The smallest absolute Gasteiger partial charge is 0.330 e. The van der Waals surface area contributed by atoms with Gasteiger partial charge in [0.05, 0.1) is 13.2 Å². The van der Waals surface area contributed by atoms with Crippen LogP contribution in [0.4, 0.5) is 0 Å². The van der Waals surface area contributed by atoms with Gasteiger partial charge in [-0.2, -0.15) is 0 Å². The minimum Gasteiger partial charge on any atom is -0.491 e. The zero-order valence-corrected chi connectivity index (χ0v) is 12.5. The third-order valence-electron chi connectivity index (χ3n) is 2.85. The van der Waals surface area contributed by atoms with E-state index < -0.39 is 5.97 Å². The number of aliphatic carboxylic acids is 1. The van der Waals surface area contributed by atoms with Crippen molar-refractivity contribution in [1.82, 2.24) is 0 Å². The normalized spacial score (nSPS) is 21.1. The van der Waals surface area contributed by atoms with Crippen molar-refractivity contribution in [3.63, 3.8) is 0 Å². The van der Waals surface area contributed by atoms with Crippen molar-refractivity contribution in [3.05, 3.63) is 36.4 Å². The fraction of sp³-hybridized carbons (Fsp3) is 0.438. The summed E-state index contributed by atoms with van der Waals surface area (Å²) in [5.74, 6) is 0.712. The largest absolute Gasteiger partial charge is 0.491 e. The van der Waals surface area contributed by atoms with Gasteiger partial charge in [0.25, 0.3) is 0 Å². The molecule has 2 fully saturated rings. The Morgan fingerprint density at radius 2 is 1.64 bits per heavy atom. The predicted molar refractivity (Wildman–Crippen MR) is 79.4 cm³/mol. The van der Waals surface area contributed by atoms with Crippen molar-refractivity contribution < 1.29 is 28.8 Å². The lowest BCUT2D eigenvalue weighted by Crippen LogP contribution is -2.06. The molecule has 2 aliphatic heterocycles. The van der Waals surface area contributed by atoms with Gasteiger partial charge in [-0.1, -0.05) is 12.6 Å². The summed E-state index contributed by atoms with van der Waals surface area (Å²) in [6.45, 7) is 7.47. The van der Waals surface area contributed by atoms with E-state index in [0.717, 1.165) is 24.7 Å². The number of hydrogen-bond donors (Lipinski definition) is 1.